The summed E-state index contributed by atoms with van der Waals surface area (Å²) in [7, 11) is 0. The van der Waals surface area contributed by atoms with Crippen molar-refractivity contribution in [2.24, 2.45) is 15.0 Å². The highest BCUT2D eigenvalue weighted by Gasteiger charge is 2.59. The Morgan fingerprint density at radius 2 is 1.84 bits per heavy atom. The maximum atomic E-state index is 12.4. The number of aliphatic hydroxyl groups is 4. The molecule has 3 aromatic rings. The van der Waals surface area contributed by atoms with Crippen molar-refractivity contribution in [1.29, 1.82) is 0 Å². The lowest BCUT2D eigenvalue weighted by atomic mass is 9.80. The van der Waals surface area contributed by atoms with E-state index in [1.165, 1.54) is 30.6 Å². The van der Waals surface area contributed by atoms with E-state index < -0.39 is 54.4 Å². The third kappa shape index (κ3) is 7.72. The Kier molecular flexibility index (Phi) is 10.3. The lowest BCUT2D eigenvalue weighted by Gasteiger charge is -2.46. The third-order valence-corrected chi connectivity index (χ3v) is 9.24. The molecule has 0 amide bonds. The van der Waals surface area contributed by atoms with Gasteiger partial charge in [0.15, 0.2) is 23.3 Å². The van der Waals surface area contributed by atoms with Gasteiger partial charge in [-0.1, -0.05) is 24.3 Å². The number of ether oxygens (including phenoxy) is 5. The number of phenolic OH excluding ortho intramolecular Hbond substituents is 2. The number of aliphatic hydroxyl groups excluding tert-OH is 3. The number of hydrogen-bond acceptors (Lipinski definition) is 14. The number of phenols is 2. The highest BCUT2D eigenvalue weighted by Crippen LogP contribution is 2.51. The van der Waals surface area contributed by atoms with Crippen molar-refractivity contribution in [2.45, 2.75) is 55.8 Å². The predicted molar refractivity (Wildman–Crippen MR) is 194 cm³/mol. The minimum absolute atomic E-state index is 0.0513. The zero-order valence-corrected chi connectivity index (χ0v) is 28.9. The standard InChI is InChI=1S/C38H36N4O13/c39-29-9-6-21(42-29)10-11-51-24-7-4-20(5-8-24)26-13-25(44)30-27(53-26)14-28(33(31(30)45)52-17-19-2-1-3-23(43)12-19)54-37-32(46)34(47)38(50,35(55-37)36(48)49)15-22-16-40-18-41-22/h1-9,12-14,18,26,32,34-35,37,39,43-47,50H,10-11,15-17H2,(H,48,49)/p+1. The first-order chi connectivity index (χ1) is 26.4. The number of nitrogens with two attached hydrogens (primary N) is 1. The van der Waals surface area contributed by atoms with Crippen LogP contribution < -0.4 is 24.4 Å². The maximum absolute atomic E-state index is 12.4. The van der Waals surface area contributed by atoms with Gasteiger partial charge in [-0.15, -0.1) is 0 Å². The largest absolute Gasteiger partial charge is 0.508 e. The fraction of sp³-hybridized carbons (Fsp3) is 0.289. The number of carbonyl (C=O) groups is 1. The van der Waals surface area contributed by atoms with E-state index in [9.17, 15) is 40.5 Å². The van der Waals surface area contributed by atoms with E-state index >= 15 is 0 Å². The van der Waals surface area contributed by atoms with Gasteiger partial charge in [-0.2, -0.15) is 0 Å². The Bertz CT molecular complexity index is 2150. The van der Waals surface area contributed by atoms with Gasteiger partial charge in [-0.3, -0.25) is 10.4 Å². The molecule has 6 unspecified atom stereocenters. The highest BCUT2D eigenvalue weighted by molar-refractivity contribution is 6.13. The molecule has 0 spiro atoms. The van der Waals surface area contributed by atoms with Gasteiger partial charge in [-0.05, 0) is 46.5 Å². The monoisotopic (exact) mass is 757 g/mol. The molecule has 17 heteroatoms. The Balaban J connectivity index is 1.16. The molecule has 0 aromatic heterocycles. The van der Waals surface area contributed by atoms with Gasteiger partial charge in [0.2, 0.25) is 12.0 Å². The van der Waals surface area contributed by atoms with Crippen molar-refractivity contribution in [3.63, 3.8) is 0 Å². The molecule has 9 N–H and O–H groups in total. The number of amidine groups is 1. The summed E-state index contributed by atoms with van der Waals surface area (Å²) in [6.07, 6.45) is -2.91. The van der Waals surface area contributed by atoms with Gasteiger partial charge in [0.25, 0.3) is 0 Å². The molecule has 55 heavy (non-hydrogen) atoms. The number of benzene rings is 3. The van der Waals surface area contributed by atoms with Gasteiger partial charge in [0.1, 0.15) is 65.4 Å². The highest BCUT2D eigenvalue weighted by atomic mass is 16.7. The van der Waals surface area contributed by atoms with Crippen LogP contribution in [-0.4, -0.2) is 109 Å². The van der Waals surface area contributed by atoms with E-state index in [1.807, 2.05) is 6.08 Å². The number of aromatic hydroxyl groups is 2. The first kappa shape index (κ1) is 37.1. The zero-order valence-electron chi connectivity index (χ0n) is 28.9. The van der Waals surface area contributed by atoms with Gasteiger partial charge in [0, 0.05) is 36.8 Å². The number of nitrogens with zero attached hydrogens (tertiary/aromatic N) is 3. The molecule has 286 valence electrons. The van der Waals surface area contributed by atoms with Crippen LogP contribution in [0.15, 0.2) is 87.8 Å². The average Bonchev–Trinajstić information content (AvgIpc) is 3.82. The van der Waals surface area contributed by atoms with E-state index in [0.717, 1.165) is 5.71 Å². The Hall–Kier alpha value is -6.27. The first-order valence-corrected chi connectivity index (χ1v) is 17.1. The van der Waals surface area contributed by atoms with Crippen LogP contribution in [0.4, 0.5) is 0 Å². The van der Waals surface area contributed by atoms with Gasteiger partial charge < -0.3 is 59.4 Å². The maximum Gasteiger partial charge on any atom is 0.336 e. The average molecular weight is 758 g/mol. The number of fused-ring (bicyclic) bond motifs is 1. The van der Waals surface area contributed by atoms with Crippen LogP contribution >= 0.6 is 0 Å². The summed E-state index contributed by atoms with van der Waals surface area (Å²) >= 11 is 0. The molecule has 0 radical (unpaired) electrons. The van der Waals surface area contributed by atoms with Crippen LogP contribution in [0.5, 0.6) is 34.5 Å². The lowest BCUT2D eigenvalue weighted by Crippen LogP contribution is -2.69. The topological polar surface area (TPSA) is 268 Å². The van der Waals surface area contributed by atoms with E-state index in [2.05, 4.69) is 15.0 Å². The molecule has 4 aliphatic heterocycles. The normalized spacial score (nSPS) is 25.4. The van der Waals surface area contributed by atoms with Crippen molar-refractivity contribution in [3.8, 4) is 34.5 Å². The third-order valence-electron chi connectivity index (χ3n) is 9.24. The molecule has 3 aromatic carbocycles. The molecule has 0 bridgehead atoms. The second kappa shape index (κ2) is 15.2. The smallest absolute Gasteiger partial charge is 0.336 e. The van der Waals surface area contributed by atoms with Crippen LogP contribution in [0.2, 0.25) is 0 Å². The Morgan fingerprint density at radius 3 is 2.53 bits per heavy atom. The van der Waals surface area contributed by atoms with Crippen molar-refractivity contribution in [3.05, 3.63) is 89.5 Å². The number of carboxylic acids is 1. The molecule has 0 aliphatic carbocycles. The van der Waals surface area contributed by atoms with Crippen molar-refractivity contribution in [1.82, 2.24) is 0 Å². The molecule has 1 fully saturated rings. The molecule has 1 saturated heterocycles. The second-order valence-corrected chi connectivity index (χ2v) is 13.1. The Labute approximate surface area is 312 Å². The number of hydrogen-bond donors (Lipinski definition) is 8. The van der Waals surface area contributed by atoms with Gasteiger partial charge >= 0.3 is 11.8 Å². The molecule has 0 saturated carbocycles. The van der Waals surface area contributed by atoms with E-state index in [-0.39, 0.29) is 53.2 Å². The summed E-state index contributed by atoms with van der Waals surface area (Å²) in [6, 6.07) is 14.2. The molecule has 17 nitrogen and oxygen atoms in total. The summed E-state index contributed by atoms with van der Waals surface area (Å²) in [5.41, 5.74) is -0.581. The fourth-order valence-electron chi connectivity index (χ4n) is 6.49. The van der Waals surface area contributed by atoms with E-state index in [1.54, 1.807) is 42.5 Å². The first-order valence-electron chi connectivity index (χ1n) is 17.1. The minimum Gasteiger partial charge on any atom is -0.508 e. The summed E-state index contributed by atoms with van der Waals surface area (Å²) < 4.78 is 29.4. The van der Waals surface area contributed by atoms with Gasteiger partial charge in [-0.25, -0.2) is 9.79 Å². The summed E-state index contributed by atoms with van der Waals surface area (Å²) in [6.45, 7) is 0.166. The van der Waals surface area contributed by atoms with Crippen molar-refractivity contribution >= 4 is 35.3 Å². The van der Waals surface area contributed by atoms with Crippen LogP contribution in [0, 0.1) is 0 Å². The van der Waals surface area contributed by atoms with E-state index in [0.29, 0.717) is 35.7 Å². The summed E-state index contributed by atoms with van der Waals surface area (Å²) in [4.78, 5) is 24.4. The minimum atomic E-state index is -2.53. The molecule has 4 heterocycles. The van der Waals surface area contributed by atoms with Gasteiger partial charge in [0.05, 0.1) is 13.2 Å². The lowest BCUT2D eigenvalue weighted by molar-refractivity contribution is -0.303. The quantitative estimate of drug-likeness (QED) is 0.122. The fourth-order valence-corrected chi connectivity index (χ4v) is 6.49. The van der Waals surface area contributed by atoms with Crippen LogP contribution in [0.3, 0.4) is 0 Å². The number of carboxylic acid groups (broad SMARTS) is 1. The van der Waals surface area contributed by atoms with Crippen LogP contribution in [-0.2, 0) is 16.1 Å². The number of rotatable bonds is 13. The Morgan fingerprint density at radius 1 is 1.04 bits per heavy atom. The van der Waals surface area contributed by atoms with Crippen LogP contribution in [0.25, 0.3) is 5.76 Å². The molecule has 4 aliphatic rings. The van der Waals surface area contributed by atoms with Crippen molar-refractivity contribution in [2.75, 3.05) is 13.2 Å². The summed E-state index contributed by atoms with van der Waals surface area (Å²) in [5.74, 6) is -2.58. The molecular weight excluding hydrogens is 720 g/mol. The molecule has 6 atom stereocenters. The van der Waals surface area contributed by atoms with E-state index in [4.69, 9.17) is 29.1 Å². The van der Waals surface area contributed by atoms with Crippen LogP contribution in [0.1, 0.15) is 35.6 Å². The molecular formula is C38H37N4O13+. The van der Waals surface area contributed by atoms with Crippen molar-refractivity contribution < 1.29 is 69.6 Å². The zero-order chi connectivity index (χ0) is 38.9. The second-order valence-electron chi connectivity index (χ2n) is 13.1. The number of aliphatic carboxylic acids is 1. The molecule has 7 rings (SSSR count). The SMILES string of the molecule is [NH2+]=C1C=CC(CCOc2ccc(C3C=C(O)c4c(cc(OC5OC(C(=O)O)C(O)(CC6=NC=NC6)C(O)C5O)c(OCc5cccc(O)c5)c4O)O3)cc2)=N1. The number of allylic oxidation sites excluding steroid dienone is 1. The predicted octanol–water partition coefficient (Wildman–Crippen LogP) is 1.16. The summed E-state index contributed by atoms with van der Waals surface area (Å²) in [5, 5.41) is 82.1. The number of aliphatic imine (C=N–C) groups is 3.